The molecule has 6 unspecified atom stereocenters. The van der Waals surface area contributed by atoms with E-state index in [0.29, 0.717) is 38.0 Å². The molecule has 1 aliphatic heterocycles. The first-order valence-electron chi connectivity index (χ1n) is 10.8. The van der Waals surface area contributed by atoms with Crippen LogP contribution < -0.4 is 0 Å². The molecule has 11 heteroatoms. The number of hydrogen-bond acceptors (Lipinski definition) is 10. The maximum atomic E-state index is 10.1. The molecule has 1 saturated heterocycles. The van der Waals surface area contributed by atoms with Crippen LogP contribution in [-0.2, 0) is 36.8 Å². The molecule has 1 aromatic heterocycles. The molecule has 11 nitrogen and oxygen atoms in total. The van der Waals surface area contributed by atoms with Crippen molar-refractivity contribution >= 4 is 0 Å². The number of aliphatic hydroxyl groups excluding tert-OH is 3. The van der Waals surface area contributed by atoms with Gasteiger partial charge in [0.25, 0.3) is 0 Å². The lowest BCUT2D eigenvalue weighted by Crippen LogP contribution is -2.58. The molecule has 180 valence electrons. The third-order valence-corrected chi connectivity index (χ3v) is 5.30. The van der Waals surface area contributed by atoms with Crippen LogP contribution in [0.5, 0.6) is 0 Å². The zero-order chi connectivity index (χ0) is 22.6. The molecule has 6 atom stereocenters. The summed E-state index contributed by atoms with van der Waals surface area (Å²) in [4.78, 5) is 0. The van der Waals surface area contributed by atoms with Crippen molar-refractivity contribution in [1.29, 1.82) is 0 Å². The van der Waals surface area contributed by atoms with Gasteiger partial charge >= 0.3 is 0 Å². The second-order valence-electron chi connectivity index (χ2n) is 7.76. The highest BCUT2D eigenvalue weighted by molar-refractivity contribution is 4.93. The van der Waals surface area contributed by atoms with E-state index in [9.17, 15) is 15.3 Å². The van der Waals surface area contributed by atoms with Gasteiger partial charge in [0.2, 0.25) is 0 Å². The van der Waals surface area contributed by atoms with Crippen molar-refractivity contribution in [3.63, 3.8) is 0 Å². The van der Waals surface area contributed by atoms with Crippen LogP contribution in [-0.4, -0.2) is 101 Å². The molecule has 0 saturated carbocycles. The summed E-state index contributed by atoms with van der Waals surface area (Å²) in [5.41, 5.74) is 0.613. The van der Waals surface area contributed by atoms with Gasteiger partial charge < -0.3 is 39.0 Å². The van der Waals surface area contributed by atoms with Crippen LogP contribution in [0.25, 0.3) is 0 Å². The third kappa shape index (κ3) is 8.70. The number of ether oxygens (including phenoxy) is 5. The van der Waals surface area contributed by atoms with E-state index in [4.69, 9.17) is 23.7 Å². The number of aliphatic hydroxyl groups is 3. The summed E-state index contributed by atoms with van der Waals surface area (Å²) in [6, 6.07) is 0. The van der Waals surface area contributed by atoms with Gasteiger partial charge in [-0.3, -0.25) is 0 Å². The van der Waals surface area contributed by atoms with E-state index in [1.807, 2.05) is 0 Å². The van der Waals surface area contributed by atoms with Gasteiger partial charge in [0.05, 0.1) is 45.8 Å². The topological polar surface area (TPSA) is 138 Å². The largest absolute Gasteiger partial charge is 0.388 e. The van der Waals surface area contributed by atoms with Crippen LogP contribution in [0.15, 0.2) is 6.20 Å². The van der Waals surface area contributed by atoms with Crippen molar-refractivity contribution in [2.24, 2.45) is 5.92 Å². The second-order valence-corrected chi connectivity index (χ2v) is 7.76. The molecule has 0 radical (unpaired) electrons. The maximum Gasteiger partial charge on any atom is 0.186 e. The minimum absolute atomic E-state index is 0.137. The number of rotatable bonds is 15. The van der Waals surface area contributed by atoms with Crippen LogP contribution in [0.2, 0.25) is 0 Å². The Morgan fingerprint density at radius 3 is 2.39 bits per heavy atom. The van der Waals surface area contributed by atoms with Gasteiger partial charge in [0, 0.05) is 13.7 Å². The zero-order valence-corrected chi connectivity index (χ0v) is 18.6. The summed E-state index contributed by atoms with van der Waals surface area (Å²) < 4.78 is 28.5. The highest BCUT2D eigenvalue weighted by atomic mass is 16.7. The molecule has 2 heterocycles. The van der Waals surface area contributed by atoms with Crippen molar-refractivity contribution < 1.29 is 39.0 Å². The van der Waals surface area contributed by atoms with E-state index in [0.717, 1.165) is 13.0 Å². The summed E-state index contributed by atoms with van der Waals surface area (Å²) in [5, 5.41) is 37.9. The molecule has 0 amide bonds. The smallest absolute Gasteiger partial charge is 0.186 e. The summed E-state index contributed by atoms with van der Waals surface area (Å²) in [5.74, 6) is 0.689. The van der Waals surface area contributed by atoms with Crippen LogP contribution >= 0.6 is 0 Å². The van der Waals surface area contributed by atoms with Crippen molar-refractivity contribution in [1.82, 2.24) is 15.0 Å². The number of hydrogen-bond donors (Lipinski definition) is 3. The maximum absolute atomic E-state index is 10.1. The van der Waals surface area contributed by atoms with Gasteiger partial charge in [-0.1, -0.05) is 25.5 Å². The Balaban J connectivity index is 1.58. The Hall–Kier alpha value is -1.18. The average Bonchev–Trinajstić information content (AvgIpc) is 3.22. The highest BCUT2D eigenvalue weighted by Crippen LogP contribution is 2.22. The predicted molar refractivity (Wildman–Crippen MR) is 109 cm³/mol. The van der Waals surface area contributed by atoms with E-state index < -0.39 is 30.7 Å². The van der Waals surface area contributed by atoms with E-state index >= 15 is 0 Å². The lowest BCUT2D eigenvalue weighted by Gasteiger charge is -2.39. The lowest BCUT2D eigenvalue weighted by molar-refractivity contribution is -0.292. The van der Waals surface area contributed by atoms with Gasteiger partial charge in [0.1, 0.15) is 30.1 Å². The summed E-state index contributed by atoms with van der Waals surface area (Å²) in [6.45, 7) is 7.56. The molecule has 1 fully saturated rings. The van der Waals surface area contributed by atoms with Crippen LogP contribution in [0, 0.1) is 5.92 Å². The number of aromatic nitrogens is 3. The molecule has 0 aromatic carbocycles. The van der Waals surface area contributed by atoms with E-state index in [2.05, 4.69) is 24.2 Å². The number of methoxy groups -OCH3 is 1. The Kier molecular flexibility index (Phi) is 11.8. The minimum Gasteiger partial charge on any atom is -0.388 e. The van der Waals surface area contributed by atoms with Gasteiger partial charge in [-0.2, -0.15) is 0 Å². The van der Waals surface area contributed by atoms with Gasteiger partial charge in [-0.15, -0.1) is 5.10 Å². The molecule has 31 heavy (non-hydrogen) atoms. The van der Waals surface area contributed by atoms with Crippen LogP contribution in [0.1, 0.15) is 32.4 Å². The van der Waals surface area contributed by atoms with E-state index in [-0.39, 0.29) is 13.2 Å². The average molecular weight is 448 g/mol. The Morgan fingerprint density at radius 2 is 1.71 bits per heavy atom. The molecule has 1 aromatic rings. The fourth-order valence-corrected chi connectivity index (χ4v) is 3.05. The summed E-state index contributed by atoms with van der Waals surface area (Å²) in [6.07, 6.45) is -1.90. The molecule has 0 bridgehead atoms. The summed E-state index contributed by atoms with van der Waals surface area (Å²) in [7, 11) is 1.35. The second kappa shape index (κ2) is 14.1. The fourth-order valence-electron chi connectivity index (χ4n) is 3.05. The van der Waals surface area contributed by atoms with Crippen molar-refractivity contribution in [2.45, 2.75) is 70.5 Å². The lowest BCUT2D eigenvalue weighted by atomic mass is 9.99. The van der Waals surface area contributed by atoms with Crippen LogP contribution in [0.3, 0.4) is 0 Å². The Bertz CT molecular complexity index is 603. The molecule has 3 N–H and O–H groups in total. The third-order valence-electron chi connectivity index (χ3n) is 5.30. The summed E-state index contributed by atoms with van der Waals surface area (Å²) >= 11 is 0. The molecular weight excluding hydrogens is 410 g/mol. The Labute approximate surface area is 183 Å². The molecule has 0 spiro atoms. The van der Waals surface area contributed by atoms with Crippen LogP contribution in [0.4, 0.5) is 0 Å². The molecule has 2 rings (SSSR count). The first-order valence-corrected chi connectivity index (χ1v) is 10.8. The van der Waals surface area contributed by atoms with Crippen molar-refractivity contribution in [3.8, 4) is 0 Å². The van der Waals surface area contributed by atoms with E-state index in [1.165, 1.54) is 18.2 Å². The van der Waals surface area contributed by atoms with Crippen molar-refractivity contribution in [2.75, 3.05) is 40.1 Å². The fraction of sp³-hybridized carbons (Fsp3) is 0.900. The van der Waals surface area contributed by atoms with Gasteiger partial charge in [-0.05, 0) is 12.3 Å². The van der Waals surface area contributed by atoms with Gasteiger partial charge in [0.15, 0.2) is 6.29 Å². The molecule has 1 aliphatic rings. The zero-order valence-electron chi connectivity index (χ0n) is 18.6. The predicted octanol–water partition coefficient (Wildman–Crippen LogP) is -0.282. The SMILES string of the molecule is CCC(C)CCOCCOCCOCc1cn(CC2OC(OC)C(O)C(O)C2O)nn1. The highest BCUT2D eigenvalue weighted by Gasteiger charge is 2.44. The monoisotopic (exact) mass is 447 g/mol. The molecular formula is C20H37N3O8. The first kappa shape index (κ1) is 26.1. The minimum atomic E-state index is -1.37. The Morgan fingerprint density at radius 1 is 1.03 bits per heavy atom. The van der Waals surface area contributed by atoms with E-state index in [1.54, 1.807) is 6.20 Å². The quantitative estimate of drug-likeness (QED) is 0.308. The normalized spacial score (nSPS) is 27.5. The number of nitrogens with zero attached hydrogens (tertiary/aromatic N) is 3. The first-order chi connectivity index (χ1) is 15.0. The standard InChI is InChI=1S/C20H37N3O8/c1-4-14(2)5-6-28-7-8-29-9-10-30-13-15-11-23(22-21-15)12-16-17(24)18(25)19(26)20(27-3)31-16/h11,14,16-20,24-26H,4-10,12-13H2,1-3H3. The van der Waals surface area contributed by atoms with Gasteiger partial charge in [-0.25, -0.2) is 4.68 Å². The molecule has 0 aliphatic carbocycles. The van der Waals surface area contributed by atoms with Crippen molar-refractivity contribution in [3.05, 3.63) is 11.9 Å².